The number of ether oxygens (including phenoxy) is 2. The van der Waals surface area contributed by atoms with Gasteiger partial charge in [-0.15, -0.1) is 0 Å². The molecule has 1 atom stereocenters. The van der Waals surface area contributed by atoms with Gasteiger partial charge in [-0.1, -0.05) is 30.3 Å². The highest BCUT2D eigenvalue weighted by Gasteiger charge is 2.20. The molecule has 0 amide bonds. The molecule has 2 aromatic rings. The highest BCUT2D eigenvalue weighted by Crippen LogP contribution is 2.36. The highest BCUT2D eigenvalue weighted by atomic mass is 16.7. The van der Waals surface area contributed by atoms with Crippen LogP contribution in [-0.2, 0) is 11.2 Å². The fourth-order valence-corrected chi connectivity index (χ4v) is 3.51. The van der Waals surface area contributed by atoms with Crippen molar-refractivity contribution in [3.8, 4) is 16.9 Å². The van der Waals surface area contributed by atoms with E-state index in [4.69, 9.17) is 9.47 Å². The molecule has 1 saturated heterocycles. The van der Waals surface area contributed by atoms with Gasteiger partial charge in [0.1, 0.15) is 5.75 Å². The summed E-state index contributed by atoms with van der Waals surface area (Å²) in [6, 6.07) is 12.5. The zero-order valence-corrected chi connectivity index (χ0v) is 14.5. The molecule has 3 rings (SSSR count). The van der Waals surface area contributed by atoms with Gasteiger partial charge in [0.2, 0.25) is 0 Å². The van der Waals surface area contributed by atoms with Crippen LogP contribution in [0.1, 0.15) is 36.0 Å². The lowest BCUT2D eigenvalue weighted by atomic mass is 9.90. The fraction of sp³-hybridized carbons (Fsp3) is 0.429. The molecular formula is C21H26O3. The minimum Gasteiger partial charge on any atom is -0.465 e. The molecule has 0 aliphatic carbocycles. The number of hydrogen-bond acceptors (Lipinski definition) is 3. The van der Waals surface area contributed by atoms with Gasteiger partial charge in [0.25, 0.3) is 0 Å². The van der Waals surface area contributed by atoms with E-state index in [-0.39, 0.29) is 12.9 Å². The van der Waals surface area contributed by atoms with Crippen molar-refractivity contribution in [3.05, 3.63) is 53.1 Å². The Labute approximate surface area is 144 Å². The van der Waals surface area contributed by atoms with Crippen LogP contribution < -0.4 is 4.74 Å². The first-order valence-corrected chi connectivity index (χ1v) is 8.78. The predicted molar refractivity (Wildman–Crippen MR) is 96.4 cm³/mol. The quantitative estimate of drug-likeness (QED) is 0.884. The van der Waals surface area contributed by atoms with Gasteiger partial charge in [0.15, 0.2) is 6.29 Å². The first-order valence-electron chi connectivity index (χ1n) is 8.78. The second-order valence-corrected chi connectivity index (χ2v) is 6.42. The lowest BCUT2D eigenvalue weighted by Crippen LogP contribution is -2.25. The summed E-state index contributed by atoms with van der Waals surface area (Å²) < 4.78 is 11.9. The largest absolute Gasteiger partial charge is 0.465 e. The molecule has 128 valence electrons. The first-order chi connectivity index (χ1) is 11.7. The van der Waals surface area contributed by atoms with Crippen molar-refractivity contribution in [1.82, 2.24) is 0 Å². The SMILES string of the molecule is Cc1cc(OC2CCCCO2)c(CCO)c(C)c1-c1ccccc1. The Bertz CT molecular complexity index is 673. The minimum absolute atomic E-state index is 0.111. The fourth-order valence-electron chi connectivity index (χ4n) is 3.51. The van der Waals surface area contributed by atoms with Crippen molar-refractivity contribution in [2.24, 2.45) is 0 Å². The average Bonchev–Trinajstić information content (AvgIpc) is 2.60. The maximum atomic E-state index is 9.52. The Morgan fingerprint density at radius 3 is 2.62 bits per heavy atom. The Balaban J connectivity index is 2.00. The molecule has 24 heavy (non-hydrogen) atoms. The molecule has 0 aromatic heterocycles. The van der Waals surface area contributed by atoms with E-state index in [9.17, 15) is 5.11 Å². The van der Waals surface area contributed by atoms with E-state index >= 15 is 0 Å². The summed E-state index contributed by atoms with van der Waals surface area (Å²) in [6.45, 7) is 5.11. The van der Waals surface area contributed by atoms with E-state index in [0.29, 0.717) is 6.42 Å². The predicted octanol–water partition coefficient (Wildman–Crippen LogP) is 4.41. The second-order valence-electron chi connectivity index (χ2n) is 6.42. The summed E-state index contributed by atoms with van der Waals surface area (Å²) in [5.74, 6) is 0.852. The lowest BCUT2D eigenvalue weighted by molar-refractivity contribution is -0.106. The molecule has 2 aromatic carbocycles. The van der Waals surface area contributed by atoms with Crippen LogP contribution in [0.15, 0.2) is 36.4 Å². The van der Waals surface area contributed by atoms with Crippen LogP contribution in [-0.4, -0.2) is 24.6 Å². The zero-order chi connectivity index (χ0) is 16.9. The number of aliphatic hydroxyl groups is 1. The van der Waals surface area contributed by atoms with Gasteiger partial charge in [-0.3, -0.25) is 0 Å². The molecular weight excluding hydrogens is 300 g/mol. The van der Waals surface area contributed by atoms with Gasteiger partial charge in [0.05, 0.1) is 6.61 Å². The summed E-state index contributed by atoms with van der Waals surface area (Å²) in [6.07, 6.45) is 3.59. The van der Waals surface area contributed by atoms with E-state index < -0.39 is 0 Å². The van der Waals surface area contributed by atoms with Crippen molar-refractivity contribution in [1.29, 1.82) is 0 Å². The van der Waals surface area contributed by atoms with E-state index in [1.807, 2.05) is 6.07 Å². The molecule has 0 radical (unpaired) electrons. The molecule has 1 fully saturated rings. The third-order valence-electron chi connectivity index (χ3n) is 4.69. The molecule has 1 aliphatic rings. The molecule has 0 spiro atoms. The van der Waals surface area contributed by atoms with Gasteiger partial charge >= 0.3 is 0 Å². The Morgan fingerprint density at radius 2 is 1.96 bits per heavy atom. The zero-order valence-electron chi connectivity index (χ0n) is 14.5. The van der Waals surface area contributed by atoms with Gasteiger partial charge in [-0.25, -0.2) is 0 Å². The maximum Gasteiger partial charge on any atom is 0.199 e. The Hall–Kier alpha value is -1.84. The third kappa shape index (κ3) is 3.63. The standard InChI is InChI=1S/C21H26O3/c1-15-14-19(24-20-10-6-7-13-23-20)18(11-12-22)16(2)21(15)17-8-4-3-5-9-17/h3-5,8-9,14,20,22H,6-7,10-13H2,1-2H3. The summed E-state index contributed by atoms with van der Waals surface area (Å²) >= 11 is 0. The summed E-state index contributed by atoms with van der Waals surface area (Å²) in [5, 5.41) is 9.52. The number of rotatable bonds is 5. The number of aliphatic hydroxyl groups excluding tert-OH is 1. The molecule has 3 heteroatoms. The van der Waals surface area contributed by atoms with E-state index in [1.165, 1.54) is 22.3 Å². The maximum absolute atomic E-state index is 9.52. The molecule has 1 unspecified atom stereocenters. The van der Waals surface area contributed by atoms with Crippen LogP contribution in [0.5, 0.6) is 5.75 Å². The summed E-state index contributed by atoms with van der Waals surface area (Å²) in [5.41, 5.74) is 5.88. The van der Waals surface area contributed by atoms with Crippen LogP contribution in [0.2, 0.25) is 0 Å². The van der Waals surface area contributed by atoms with Crippen molar-refractivity contribution in [2.45, 2.75) is 45.8 Å². The van der Waals surface area contributed by atoms with Gasteiger partial charge in [-0.05, 0) is 61.4 Å². The molecule has 0 saturated carbocycles. The molecule has 1 N–H and O–H groups in total. The molecule has 0 bridgehead atoms. The Morgan fingerprint density at radius 1 is 1.17 bits per heavy atom. The highest BCUT2D eigenvalue weighted by molar-refractivity contribution is 5.74. The van der Waals surface area contributed by atoms with Gasteiger partial charge < -0.3 is 14.6 Å². The van der Waals surface area contributed by atoms with Crippen LogP contribution in [0.25, 0.3) is 11.1 Å². The van der Waals surface area contributed by atoms with E-state index in [1.54, 1.807) is 0 Å². The van der Waals surface area contributed by atoms with Crippen molar-refractivity contribution in [2.75, 3.05) is 13.2 Å². The van der Waals surface area contributed by atoms with Crippen molar-refractivity contribution >= 4 is 0 Å². The number of benzene rings is 2. The summed E-state index contributed by atoms with van der Waals surface area (Å²) in [7, 11) is 0. The lowest BCUT2D eigenvalue weighted by Gasteiger charge is -2.26. The smallest absolute Gasteiger partial charge is 0.199 e. The molecule has 1 aliphatic heterocycles. The minimum atomic E-state index is -0.169. The van der Waals surface area contributed by atoms with E-state index in [2.05, 4.69) is 44.2 Å². The summed E-state index contributed by atoms with van der Waals surface area (Å²) in [4.78, 5) is 0. The van der Waals surface area contributed by atoms with Crippen LogP contribution in [0.3, 0.4) is 0 Å². The normalized spacial score (nSPS) is 17.7. The van der Waals surface area contributed by atoms with Gasteiger partial charge in [-0.2, -0.15) is 0 Å². The second kappa shape index (κ2) is 7.82. The first kappa shape index (κ1) is 17.0. The van der Waals surface area contributed by atoms with Crippen LogP contribution in [0.4, 0.5) is 0 Å². The van der Waals surface area contributed by atoms with Crippen LogP contribution >= 0.6 is 0 Å². The van der Waals surface area contributed by atoms with Crippen molar-refractivity contribution < 1.29 is 14.6 Å². The van der Waals surface area contributed by atoms with Crippen LogP contribution in [0, 0.1) is 13.8 Å². The van der Waals surface area contributed by atoms with Crippen molar-refractivity contribution in [3.63, 3.8) is 0 Å². The average molecular weight is 326 g/mol. The number of aryl methyl sites for hydroxylation is 1. The third-order valence-corrected chi connectivity index (χ3v) is 4.69. The van der Waals surface area contributed by atoms with E-state index in [0.717, 1.165) is 37.2 Å². The van der Waals surface area contributed by atoms with Gasteiger partial charge in [0, 0.05) is 18.6 Å². The molecule has 1 heterocycles. The molecule has 3 nitrogen and oxygen atoms in total. The Kier molecular flexibility index (Phi) is 5.54. The monoisotopic (exact) mass is 326 g/mol. The topological polar surface area (TPSA) is 38.7 Å². The number of hydrogen-bond donors (Lipinski definition) is 1.